The van der Waals surface area contributed by atoms with Crippen LogP contribution in [0.4, 0.5) is 0 Å². The van der Waals surface area contributed by atoms with E-state index in [1.165, 1.54) is 9.13 Å². The summed E-state index contributed by atoms with van der Waals surface area (Å²) < 4.78 is 1.23. The maximum absolute atomic E-state index is 5.58. The summed E-state index contributed by atoms with van der Waals surface area (Å²) in [5, 5.41) is 3.08. The van der Waals surface area contributed by atoms with Crippen LogP contribution >= 0.6 is 33.9 Å². The molecule has 0 bridgehead atoms. The van der Waals surface area contributed by atoms with Gasteiger partial charge in [0.05, 0.1) is 11.0 Å². The number of thiazole rings is 1. The summed E-state index contributed by atoms with van der Waals surface area (Å²) in [6.45, 7) is 0. The van der Waals surface area contributed by atoms with Crippen molar-refractivity contribution in [3.05, 3.63) is 50.0 Å². The highest BCUT2D eigenvalue weighted by Crippen LogP contribution is 2.19. The van der Waals surface area contributed by atoms with Crippen LogP contribution < -0.4 is 11.3 Å². The van der Waals surface area contributed by atoms with Crippen molar-refractivity contribution in [3.8, 4) is 0 Å². The Morgan fingerprint density at radius 2 is 2.12 bits per heavy atom. The molecule has 1 unspecified atom stereocenters. The molecule has 3 nitrogen and oxygen atoms in total. The summed E-state index contributed by atoms with van der Waals surface area (Å²) in [6, 6.07) is 8.49. The van der Waals surface area contributed by atoms with Crippen molar-refractivity contribution in [2.75, 3.05) is 0 Å². The fraction of sp³-hybridized carbons (Fsp3) is 0.182. The molecule has 0 aliphatic carbocycles. The molecule has 0 aliphatic rings. The van der Waals surface area contributed by atoms with Gasteiger partial charge in [-0.2, -0.15) is 0 Å². The van der Waals surface area contributed by atoms with Crippen molar-refractivity contribution >= 4 is 33.9 Å². The molecule has 1 atom stereocenters. The molecule has 1 aromatic carbocycles. The van der Waals surface area contributed by atoms with Gasteiger partial charge in [-0.1, -0.05) is 12.1 Å². The van der Waals surface area contributed by atoms with Gasteiger partial charge in [-0.3, -0.25) is 11.3 Å². The van der Waals surface area contributed by atoms with E-state index in [1.54, 1.807) is 11.3 Å². The van der Waals surface area contributed by atoms with Crippen LogP contribution in [0.3, 0.4) is 0 Å². The zero-order chi connectivity index (χ0) is 11.4. The van der Waals surface area contributed by atoms with Gasteiger partial charge in [-0.15, -0.1) is 11.3 Å². The number of hydrogen-bond acceptors (Lipinski definition) is 4. The number of benzene rings is 1. The molecule has 0 saturated heterocycles. The standard InChI is InChI=1S/C11H12IN3S/c12-9-3-1-8(2-4-9)10(15-13)7-11-14-5-6-16-11/h1-6,10,15H,7,13H2. The van der Waals surface area contributed by atoms with Crippen molar-refractivity contribution in [2.45, 2.75) is 12.5 Å². The van der Waals surface area contributed by atoms with E-state index in [0.29, 0.717) is 0 Å². The topological polar surface area (TPSA) is 50.9 Å². The monoisotopic (exact) mass is 345 g/mol. The Morgan fingerprint density at radius 1 is 1.38 bits per heavy atom. The minimum Gasteiger partial charge on any atom is -0.271 e. The van der Waals surface area contributed by atoms with E-state index in [2.05, 4.69) is 57.3 Å². The molecular formula is C11H12IN3S. The van der Waals surface area contributed by atoms with E-state index in [4.69, 9.17) is 5.84 Å². The highest BCUT2D eigenvalue weighted by atomic mass is 127. The lowest BCUT2D eigenvalue weighted by molar-refractivity contribution is 0.550. The SMILES string of the molecule is NNC(Cc1nccs1)c1ccc(I)cc1. The first kappa shape index (κ1) is 12.0. The lowest BCUT2D eigenvalue weighted by atomic mass is 10.1. The lowest BCUT2D eigenvalue weighted by Gasteiger charge is -2.14. The summed E-state index contributed by atoms with van der Waals surface area (Å²) in [6.07, 6.45) is 2.65. The van der Waals surface area contributed by atoms with Gasteiger partial charge >= 0.3 is 0 Å². The smallest absolute Gasteiger partial charge is 0.0944 e. The number of nitrogens with two attached hydrogens (primary N) is 1. The number of nitrogens with zero attached hydrogens (tertiary/aromatic N) is 1. The van der Waals surface area contributed by atoms with Crippen LogP contribution in [0, 0.1) is 3.57 Å². The Bertz CT molecular complexity index is 427. The Labute approximate surface area is 112 Å². The van der Waals surface area contributed by atoms with E-state index in [0.717, 1.165) is 11.4 Å². The van der Waals surface area contributed by atoms with Crippen LogP contribution in [0.15, 0.2) is 35.8 Å². The Kier molecular flexibility index (Phi) is 4.28. The average Bonchev–Trinajstić information content (AvgIpc) is 2.80. The summed E-state index contributed by atoms with van der Waals surface area (Å²) in [5.74, 6) is 5.58. The molecule has 3 N–H and O–H groups in total. The van der Waals surface area contributed by atoms with E-state index < -0.39 is 0 Å². The Hall–Kier alpha value is -0.500. The Morgan fingerprint density at radius 3 is 2.69 bits per heavy atom. The molecule has 0 saturated carbocycles. The molecule has 2 rings (SSSR count). The van der Waals surface area contributed by atoms with Crippen LogP contribution in [-0.2, 0) is 6.42 Å². The lowest BCUT2D eigenvalue weighted by Crippen LogP contribution is -2.29. The van der Waals surface area contributed by atoms with Crippen molar-refractivity contribution in [2.24, 2.45) is 5.84 Å². The molecule has 0 aliphatic heterocycles. The number of rotatable bonds is 4. The largest absolute Gasteiger partial charge is 0.271 e. The summed E-state index contributed by atoms with van der Waals surface area (Å²) in [4.78, 5) is 4.27. The van der Waals surface area contributed by atoms with Crippen molar-refractivity contribution in [1.82, 2.24) is 10.4 Å². The second-order valence-electron chi connectivity index (χ2n) is 3.40. The van der Waals surface area contributed by atoms with Crippen LogP contribution in [-0.4, -0.2) is 4.98 Å². The molecule has 0 amide bonds. The van der Waals surface area contributed by atoms with Crippen LogP contribution in [0.2, 0.25) is 0 Å². The van der Waals surface area contributed by atoms with Gasteiger partial charge in [-0.25, -0.2) is 4.98 Å². The molecule has 0 spiro atoms. The van der Waals surface area contributed by atoms with E-state index in [-0.39, 0.29) is 6.04 Å². The first-order valence-electron chi connectivity index (χ1n) is 4.89. The normalized spacial score (nSPS) is 12.6. The van der Waals surface area contributed by atoms with Crippen LogP contribution in [0.5, 0.6) is 0 Å². The minimum atomic E-state index is 0.128. The number of halogens is 1. The molecule has 0 fully saturated rings. The number of hydrazine groups is 1. The minimum absolute atomic E-state index is 0.128. The second-order valence-corrected chi connectivity index (χ2v) is 5.63. The van der Waals surface area contributed by atoms with E-state index in [9.17, 15) is 0 Å². The van der Waals surface area contributed by atoms with Crippen molar-refractivity contribution in [3.63, 3.8) is 0 Å². The quantitative estimate of drug-likeness (QED) is 0.509. The average molecular weight is 345 g/mol. The number of hydrogen-bond donors (Lipinski definition) is 2. The fourth-order valence-electron chi connectivity index (χ4n) is 1.50. The predicted molar refractivity (Wildman–Crippen MR) is 75.0 cm³/mol. The van der Waals surface area contributed by atoms with Gasteiger partial charge < -0.3 is 0 Å². The molecule has 0 radical (unpaired) electrons. The second kappa shape index (κ2) is 5.72. The third-order valence-corrected chi connectivity index (χ3v) is 3.86. The highest BCUT2D eigenvalue weighted by Gasteiger charge is 2.11. The third-order valence-electron chi connectivity index (χ3n) is 2.34. The maximum atomic E-state index is 5.58. The first-order valence-corrected chi connectivity index (χ1v) is 6.85. The van der Waals surface area contributed by atoms with Gasteiger partial charge in [0.1, 0.15) is 0 Å². The van der Waals surface area contributed by atoms with Crippen molar-refractivity contribution < 1.29 is 0 Å². The molecule has 16 heavy (non-hydrogen) atoms. The van der Waals surface area contributed by atoms with Gasteiger partial charge in [0.15, 0.2) is 0 Å². The van der Waals surface area contributed by atoms with E-state index >= 15 is 0 Å². The zero-order valence-electron chi connectivity index (χ0n) is 8.56. The number of nitrogens with one attached hydrogen (secondary N) is 1. The van der Waals surface area contributed by atoms with Crippen molar-refractivity contribution in [1.29, 1.82) is 0 Å². The van der Waals surface area contributed by atoms with Gasteiger partial charge in [-0.05, 0) is 40.3 Å². The molecule has 84 valence electrons. The maximum Gasteiger partial charge on any atom is 0.0944 e. The Balaban J connectivity index is 2.13. The highest BCUT2D eigenvalue weighted by molar-refractivity contribution is 14.1. The van der Waals surface area contributed by atoms with Gasteiger partial charge in [0.25, 0.3) is 0 Å². The molecule has 1 heterocycles. The summed E-state index contributed by atoms with van der Waals surface area (Å²) >= 11 is 3.95. The van der Waals surface area contributed by atoms with Gasteiger partial charge in [0, 0.05) is 21.6 Å². The van der Waals surface area contributed by atoms with Gasteiger partial charge in [0.2, 0.25) is 0 Å². The summed E-state index contributed by atoms with van der Waals surface area (Å²) in [7, 11) is 0. The number of aromatic nitrogens is 1. The van der Waals surface area contributed by atoms with E-state index in [1.807, 2.05) is 11.6 Å². The third kappa shape index (κ3) is 3.00. The fourth-order valence-corrected chi connectivity index (χ4v) is 2.52. The molecule has 1 aromatic heterocycles. The predicted octanol–water partition coefficient (Wildman–Crippen LogP) is 2.49. The molecule has 5 heteroatoms. The molecule has 2 aromatic rings. The molecular weight excluding hydrogens is 333 g/mol. The first-order chi connectivity index (χ1) is 7.79. The van der Waals surface area contributed by atoms with Crippen LogP contribution in [0.1, 0.15) is 16.6 Å². The summed E-state index contributed by atoms with van der Waals surface area (Å²) in [5.41, 5.74) is 4.03. The van der Waals surface area contributed by atoms with Crippen LogP contribution in [0.25, 0.3) is 0 Å². The zero-order valence-corrected chi connectivity index (χ0v) is 11.5.